The highest BCUT2D eigenvalue weighted by atomic mass is 32.2. The number of allylic oxidation sites excluding steroid dienone is 1. The Labute approximate surface area is 221 Å². The zero-order valence-electron chi connectivity index (χ0n) is 21.3. The van der Waals surface area contributed by atoms with E-state index in [-0.39, 0.29) is 17.5 Å². The van der Waals surface area contributed by atoms with Crippen LogP contribution in [0.4, 0.5) is 5.82 Å². The van der Waals surface area contributed by atoms with Crippen LogP contribution >= 0.6 is 0 Å². The maximum absolute atomic E-state index is 11.9. The molecule has 2 aliphatic heterocycles. The van der Waals surface area contributed by atoms with Gasteiger partial charge < -0.3 is 14.1 Å². The Morgan fingerprint density at radius 2 is 1.87 bits per heavy atom. The highest BCUT2D eigenvalue weighted by Crippen LogP contribution is 2.38. The largest absolute Gasteiger partial charge is 0.432 e. The molecule has 7 rings (SSSR count). The van der Waals surface area contributed by atoms with Gasteiger partial charge in [0.05, 0.1) is 30.1 Å². The fourth-order valence-electron chi connectivity index (χ4n) is 5.68. The lowest BCUT2D eigenvalue weighted by atomic mass is 10.0. The molecule has 9 nitrogen and oxygen atoms in total. The van der Waals surface area contributed by atoms with E-state index >= 15 is 0 Å². The van der Waals surface area contributed by atoms with Crippen LogP contribution in [0.5, 0.6) is 0 Å². The van der Waals surface area contributed by atoms with Crippen LogP contribution in [-0.2, 0) is 21.0 Å². The summed E-state index contributed by atoms with van der Waals surface area (Å²) in [7, 11) is -2.94. The van der Waals surface area contributed by atoms with Gasteiger partial charge in [-0.15, -0.1) is 0 Å². The Morgan fingerprint density at radius 3 is 2.68 bits per heavy atom. The highest BCUT2D eigenvalue weighted by molar-refractivity contribution is 7.91. The van der Waals surface area contributed by atoms with E-state index in [1.807, 2.05) is 6.20 Å². The van der Waals surface area contributed by atoms with Crippen LogP contribution in [0.25, 0.3) is 39.7 Å². The minimum atomic E-state index is -2.94. The molecule has 0 bridgehead atoms. The minimum absolute atomic E-state index is 0.0231. The summed E-state index contributed by atoms with van der Waals surface area (Å²) >= 11 is 0. The van der Waals surface area contributed by atoms with Gasteiger partial charge in [0.25, 0.3) is 0 Å². The molecule has 5 heterocycles. The summed E-state index contributed by atoms with van der Waals surface area (Å²) in [6.07, 6.45) is 7.07. The normalized spacial score (nSPS) is 20.3. The molecule has 2 saturated heterocycles. The number of fused-ring (bicyclic) bond motifs is 4. The second-order valence-corrected chi connectivity index (χ2v) is 12.5. The smallest absolute Gasteiger partial charge is 0.229 e. The topological polar surface area (TPSA) is 102 Å². The molecule has 196 valence electrons. The van der Waals surface area contributed by atoms with Crippen molar-refractivity contribution in [2.24, 2.45) is 0 Å². The van der Waals surface area contributed by atoms with Crippen molar-refractivity contribution in [3.8, 4) is 11.4 Å². The fraction of sp³-hybridized carbons (Fsp3) is 0.393. The molecule has 0 radical (unpaired) electrons. The van der Waals surface area contributed by atoms with Crippen molar-refractivity contribution >= 4 is 43.9 Å². The van der Waals surface area contributed by atoms with Crippen LogP contribution in [0.15, 0.2) is 41.0 Å². The molecule has 1 aliphatic carbocycles. The standard InChI is InChI=1S/C28H29N5O4S/c1-18(32-10-14-38(34,35)15-11-32)20-16-23-24-25(37-28(23)29-17-20)27(33-8-12-36-13-9-33)31-26(30-24)22-7-3-5-19-4-2-6-21(19)22/h2-3,5-7,16-18H,4,8-15H2,1H3/t18-/m1/s1. The predicted molar refractivity (Wildman–Crippen MR) is 147 cm³/mol. The average molecular weight is 532 g/mol. The average Bonchev–Trinajstić information content (AvgIpc) is 3.57. The number of nitrogens with zero attached hydrogens (tertiary/aromatic N) is 5. The van der Waals surface area contributed by atoms with E-state index in [0.29, 0.717) is 43.4 Å². The van der Waals surface area contributed by atoms with Gasteiger partial charge in [-0.2, -0.15) is 0 Å². The maximum Gasteiger partial charge on any atom is 0.229 e. The van der Waals surface area contributed by atoms with Gasteiger partial charge in [0.1, 0.15) is 5.52 Å². The van der Waals surface area contributed by atoms with Crippen LogP contribution in [-0.4, -0.2) is 79.2 Å². The van der Waals surface area contributed by atoms with E-state index in [9.17, 15) is 8.42 Å². The molecular formula is C28H29N5O4S. The SMILES string of the molecule is C[C@H](c1cnc2oc3c(N4CCOCC4)nc(-c4cccc5c4C=CC5)nc3c2c1)N1CCS(=O)(=O)CC1. The number of rotatable bonds is 4. The Bertz CT molecular complexity index is 1680. The zero-order valence-corrected chi connectivity index (χ0v) is 22.1. The van der Waals surface area contributed by atoms with E-state index in [4.69, 9.17) is 19.1 Å². The molecule has 1 atom stereocenters. The van der Waals surface area contributed by atoms with Crippen molar-refractivity contribution in [1.29, 1.82) is 0 Å². The van der Waals surface area contributed by atoms with Crippen molar-refractivity contribution < 1.29 is 17.6 Å². The molecule has 10 heteroatoms. The molecule has 1 aromatic carbocycles. The van der Waals surface area contributed by atoms with E-state index < -0.39 is 9.84 Å². The highest BCUT2D eigenvalue weighted by Gasteiger charge is 2.28. The molecule has 0 spiro atoms. The molecule has 0 N–H and O–H groups in total. The van der Waals surface area contributed by atoms with Crippen molar-refractivity contribution in [1.82, 2.24) is 19.9 Å². The number of pyridine rings is 1. The molecule has 3 aliphatic rings. The van der Waals surface area contributed by atoms with Crippen molar-refractivity contribution in [3.63, 3.8) is 0 Å². The molecule has 0 saturated carbocycles. The number of benzene rings is 1. The van der Waals surface area contributed by atoms with Gasteiger partial charge in [0.2, 0.25) is 5.71 Å². The number of sulfone groups is 1. The first-order valence-corrected chi connectivity index (χ1v) is 15.0. The van der Waals surface area contributed by atoms with Crippen molar-refractivity contribution in [2.45, 2.75) is 19.4 Å². The summed E-state index contributed by atoms with van der Waals surface area (Å²) in [4.78, 5) is 19.2. The Kier molecular flexibility index (Phi) is 5.72. The molecular weight excluding hydrogens is 502 g/mol. The number of hydrogen-bond acceptors (Lipinski definition) is 9. The zero-order chi connectivity index (χ0) is 25.9. The van der Waals surface area contributed by atoms with Crippen LogP contribution in [0.2, 0.25) is 0 Å². The van der Waals surface area contributed by atoms with E-state index in [1.54, 1.807) is 0 Å². The van der Waals surface area contributed by atoms with Gasteiger partial charge in [-0.1, -0.05) is 30.4 Å². The summed E-state index contributed by atoms with van der Waals surface area (Å²) in [5.74, 6) is 1.82. The molecule has 0 amide bonds. The number of aromatic nitrogens is 3. The third-order valence-electron chi connectivity index (χ3n) is 7.95. The first-order chi connectivity index (χ1) is 18.5. The van der Waals surface area contributed by atoms with Crippen LogP contribution in [0, 0.1) is 0 Å². The van der Waals surface area contributed by atoms with Crippen LogP contribution < -0.4 is 4.90 Å². The fourth-order valence-corrected chi connectivity index (χ4v) is 6.91. The summed E-state index contributed by atoms with van der Waals surface area (Å²) in [5, 5.41) is 0.843. The van der Waals surface area contributed by atoms with Gasteiger partial charge >= 0.3 is 0 Å². The van der Waals surface area contributed by atoms with Gasteiger partial charge in [0, 0.05) is 44.0 Å². The Balaban J connectivity index is 1.37. The lowest BCUT2D eigenvalue weighted by molar-refractivity contribution is 0.122. The monoisotopic (exact) mass is 531 g/mol. The lowest BCUT2D eigenvalue weighted by Crippen LogP contribution is -2.41. The summed E-state index contributed by atoms with van der Waals surface area (Å²) in [5.41, 5.74) is 6.36. The summed E-state index contributed by atoms with van der Waals surface area (Å²) in [6, 6.07) is 8.41. The predicted octanol–water partition coefficient (Wildman–Crippen LogP) is 3.64. The van der Waals surface area contributed by atoms with Gasteiger partial charge in [-0.25, -0.2) is 23.4 Å². The number of ether oxygens (including phenoxy) is 1. The van der Waals surface area contributed by atoms with E-state index in [2.05, 4.69) is 58.1 Å². The maximum atomic E-state index is 11.9. The third-order valence-corrected chi connectivity index (χ3v) is 9.56. The van der Waals surface area contributed by atoms with Gasteiger partial charge in [0.15, 0.2) is 27.1 Å². The second-order valence-electron chi connectivity index (χ2n) is 10.2. The summed E-state index contributed by atoms with van der Waals surface area (Å²) in [6.45, 7) is 5.86. The van der Waals surface area contributed by atoms with E-state index in [1.165, 1.54) is 11.1 Å². The Hall–Kier alpha value is -3.34. The van der Waals surface area contributed by atoms with Gasteiger partial charge in [-0.05, 0) is 36.1 Å². The molecule has 38 heavy (non-hydrogen) atoms. The van der Waals surface area contributed by atoms with Crippen molar-refractivity contribution in [2.75, 3.05) is 55.8 Å². The third kappa shape index (κ3) is 4.07. The first-order valence-electron chi connectivity index (χ1n) is 13.1. The van der Waals surface area contributed by atoms with Crippen LogP contribution in [0.1, 0.15) is 29.7 Å². The molecule has 0 unspecified atom stereocenters. The summed E-state index contributed by atoms with van der Waals surface area (Å²) < 4.78 is 35.8. The van der Waals surface area contributed by atoms with E-state index in [0.717, 1.165) is 47.4 Å². The van der Waals surface area contributed by atoms with Crippen molar-refractivity contribution in [3.05, 3.63) is 53.2 Å². The number of morpholine rings is 1. The number of hydrogen-bond donors (Lipinski definition) is 0. The van der Waals surface area contributed by atoms with Gasteiger partial charge in [-0.3, -0.25) is 4.90 Å². The molecule has 3 aromatic heterocycles. The molecule has 2 fully saturated rings. The first kappa shape index (κ1) is 23.8. The second kappa shape index (κ2) is 9.14. The quantitative estimate of drug-likeness (QED) is 0.391. The lowest BCUT2D eigenvalue weighted by Gasteiger charge is -2.32. The minimum Gasteiger partial charge on any atom is -0.432 e. The van der Waals surface area contributed by atoms with Crippen LogP contribution in [0.3, 0.4) is 0 Å². The molecule has 4 aromatic rings. The number of furan rings is 1. The number of anilines is 1. The Morgan fingerprint density at radius 1 is 1.05 bits per heavy atom.